The van der Waals surface area contributed by atoms with E-state index in [0.29, 0.717) is 11.4 Å². The molecule has 0 atom stereocenters. The Labute approximate surface area is 129 Å². The van der Waals surface area contributed by atoms with Crippen LogP contribution in [0.15, 0.2) is 35.4 Å². The van der Waals surface area contributed by atoms with Gasteiger partial charge in [-0.2, -0.15) is 0 Å². The average Bonchev–Trinajstić information content (AvgIpc) is 2.40. The summed E-state index contributed by atoms with van der Waals surface area (Å²) in [5, 5.41) is 3.75. The van der Waals surface area contributed by atoms with Crippen molar-refractivity contribution >= 4 is 29.0 Å². The zero-order valence-electron chi connectivity index (χ0n) is 12.4. The molecule has 4 nitrogen and oxygen atoms in total. The lowest BCUT2D eigenvalue weighted by Crippen LogP contribution is -2.15. The predicted octanol–water partition coefficient (Wildman–Crippen LogP) is 3.32. The van der Waals surface area contributed by atoms with Gasteiger partial charge in [-0.25, -0.2) is 4.98 Å². The van der Waals surface area contributed by atoms with Crippen LogP contribution >= 0.6 is 11.8 Å². The Morgan fingerprint density at radius 1 is 1.24 bits per heavy atom. The van der Waals surface area contributed by atoms with Crippen LogP contribution in [-0.4, -0.2) is 16.6 Å². The van der Waals surface area contributed by atoms with Crippen molar-refractivity contribution in [1.82, 2.24) is 4.98 Å². The van der Waals surface area contributed by atoms with Gasteiger partial charge in [0.25, 0.3) is 0 Å². The number of amides is 1. The molecule has 3 N–H and O–H groups in total. The quantitative estimate of drug-likeness (QED) is 0.671. The minimum Gasteiger partial charge on any atom is -0.399 e. The van der Waals surface area contributed by atoms with Crippen LogP contribution < -0.4 is 11.1 Å². The second-order valence-electron chi connectivity index (χ2n) is 5.04. The van der Waals surface area contributed by atoms with E-state index in [1.165, 1.54) is 11.8 Å². The number of pyridine rings is 1. The number of carbonyl (C=O) groups excluding carboxylic acids is 1. The second-order valence-corrected chi connectivity index (χ2v) is 6.03. The Balaban J connectivity index is 1.97. The highest BCUT2D eigenvalue weighted by Crippen LogP contribution is 2.20. The van der Waals surface area contributed by atoms with Crippen LogP contribution in [-0.2, 0) is 4.79 Å². The van der Waals surface area contributed by atoms with E-state index < -0.39 is 0 Å². The van der Waals surface area contributed by atoms with Crippen molar-refractivity contribution in [2.75, 3.05) is 16.8 Å². The van der Waals surface area contributed by atoms with Gasteiger partial charge >= 0.3 is 0 Å². The number of hydrogen-bond donors (Lipinski definition) is 2. The molecule has 0 fully saturated rings. The minimum absolute atomic E-state index is 0.0605. The minimum atomic E-state index is -0.0605. The van der Waals surface area contributed by atoms with Crippen molar-refractivity contribution < 1.29 is 4.79 Å². The molecule has 0 aliphatic heterocycles. The number of hydrogen-bond acceptors (Lipinski definition) is 4. The van der Waals surface area contributed by atoms with Crippen molar-refractivity contribution in [3.05, 3.63) is 47.2 Å². The third kappa shape index (κ3) is 4.49. The maximum absolute atomic E-state index is 12.0. The molecule has 2 aromatic rings. The first-order valence-electron chi connectivity index (χ1n) is 6.68. The topological polar surface area (TPSA) is 68.0 Å². The third-order valence-electron chi connectivity index (χ3n) is 2.96. The van der Waals surface area contributed by atoms with Crippen molar-refractivity contribution in [1.29, 1.82) is 0 Å². The molecule has 1 heterocycles. The highest BCUT2D eigenvalue weighted by atomic mass is 32.2. The molecule has 0 bridgehead atoms. The van der Waals surface area contributed by atoms with E-state index in [2.05, 4.69) is 10.3 Å². The molecule has 2 rings (SSSR count). The number of thioether (sulfide) groups is 1. The number of aromatic nitrogens is 1. The molecule has 0 radical (unpaired) electrons. The summed E-state index contributed by atoms with van der Waals surface area (Å²) in [5.41, 5.74) is 10.2. The Morgan fingerprint density at radius 2 is 2.00 bits per heavy atom. The van der Waals surface area contributed by atoms with Gasteiger partial charge in [-0.3, -0.25) is 4.79 Å². The zero-order valence-corrected chi connectivity index (χ0v) is 13.3. The van der Waals surface area contributed by atoms with Crippen molar-refractivity contribution in [3.8, 4) is 0 Å². The van der Waals surface area contributed by atoms with Gasteiger partial charge in [0.15, 0.2) is 0 Å². The molecule has 0 spiro atoms. The van der Waals surface area contributed by atoms with E-state index in [0.717, 1.165) is 27.5 Å². The van der Waals surface area contributed by atoms with E-state index in [4.69, 9.17) is 5.73 Å². The summed E-state index contributed by atoms with van der Waals surface area (Å²) in [7, 11) is 0. The lowest BCUT2D eigenvalue weighted by molar-refractivity contribution is -0.113. The molecule has 1 amide bonds. The largest absolute Gasteiger partial charge is 0.399 e. The highest BCUT2D eigenvalue weighted by molar-refractivity contribution is 7.99. The van der Waals surface area contributed by atoms with E-state index in [-0.39, 0.29) is 5.91 Å². The molecule has 0 saturated heterocycles. The molecule has 1 aromatic carbocycles. The Hall–Kier alpha value is -2.01. The number of rotatable bonds is 4. The van der Waals surface area contributed by atoms with Crippen LogP contribution in [0.4, 0.5) is 11.4 Å². The van der Waals surface area contributed by atoms with Crippen molar-refractivity contribution in [2.24, 2.45) is 0 Å². The van der Waals surface area contributed by atoms with Gasteiger partial charge in [-0.15, -0.1) is 0 Å². The molecular formula is C16H19N3OS. The van der Waals surface area contributed by atoms with Gasteiger partial charge in [0, 0.05) is 17.1 Å². The molecule has 21 heavy (non-hydrogen) atoms. The summed E-state index contributed by atoms with van der Waals surface area (Å²) in [6.45, 7) is 5.91. The highest BCUT2D eigenvalue weighted by Gasteiger charge is 2.07. The second kappa shape index (κ2) is 6.63. The first-order valence-corrected chi connectivity index (χ1v) is 7.66. The smallest absolute Gasteiger partial charge is 0.234 e. The zero-order chi connectivity index (χ0) is 15.4. The lowest BCUT2D eigenvalue weighted by Gasteiger charge is -2.09. The van der Waals surface area contributed by atoms with Gasteiger partial charge in [-0.05, 0) is 56.2 Å². The number of nitrogens with two attached hydrogens (primary N) is 1. The fourth-order valence-corrected chi connectivity index (χ4v) is 2.81. The molecule has 110 valence electrons. The molecule has 0 unspecified atom stereocenters. The van der Waals surface area contributed by atoms with E-state index in [9.17, 15) is 4.79 Å². The molecule has 0 saturated carbocycles. The SMILES string of the molecule is Cc1cc(C)nc(SCC(=O)Nc2cc(N)ccc2C)c1. The number of nitrogen functional groups attached to an aromatic ring is 1. The number of nitrogens with one attached hydrogen (secondary N) is 1. The Bertz CT molecular complexity index is 650. The van der Waals surface area contributed by atoms with Gasteiger partial charge in [0.1, 0.15) is 0 Å². The average molecular weight is 301 g/mol. The number of anilines is 2. The van der Waals surface area contributed by atoms with Gasteiger partial charge in [-0.1, -0.05) is 17.8 Å². The van der Waals surface area contributed by atoms with Crippen LogP contribution in [0, 0.1) is 20.8 Å². The van der Waals surface area contributed by atoms with Gasteiger partial charge < -0.3 is 11.1 Å². The van der Waals surface area contributed by atoms with Gasteiger partial charge in [0.2, 0.25) is 5.91 Å². The number of nitrogens with zero attached hydrogens (tertiary/aromatic N) is 1. The van der Waals surface area contributed by atoms with Crippen LogP contribution in [0.1, 0.15) is 16.8 Å². The van der Waals surface area contributed by atoms with Crippen LogP contribution in [0.2, 0.25) is 0 Å². The van der Waals surface area contributed by atoms with Crippen LogP contribution in [0.3, 0.4) is 0 Å². The first kappa shape index (κ1) is 15.4. The molecule has 0 aliphatic carbocycles. The summed E-state index contributed by atoms with van der Waals surface area (Å²) in [5.74, 6) is 0.263. The van der Waals surface area contributed by atoms with E-state index in [1.54, 1.807) is 6.07 Å². The van der Waals surface area contributed by atoms with Crippen molar-refractivity contribution in [2.45, 2.75) is 25.8 Å². The Kier molecular flexibility index (Phi) is 4.85. The maximum atomic E-state index is 12.0. The number of aryl methyl sites for hydroxylation is 3. The number of benzene rings is 1. The summed E-state index contributed by atoms with van der Waals surface area (Å²) in [6.07, 6.45) is 0. The maximum Gasteiger partial charge on any atom is 0.234 e. The lowest BCUT2D eigenvalue weighted by atomic mass is 10.2. The first-order chi connectivity index (χ1) is 9.94. The molecule has 0 aliphatic rings. The fourth-order valence-electron chi connectivity index (χ4n) is 1.98. The summed E-state index contributed by atoms with van der Waals surface area (Å²) in [4.78, 5) is 16.4. The van der Waals surface area contributed by atoms with E-state index in [1.807, 2.05) is 45.0 Å². The van der Waals surface area contributed by atoms with Crippen LogP contribution in [0.5, 0.6) is 0 Å². The summed E-state index contributed by atoms with van der Waals surface area (Å²) in [6, 6.07) is 9.48. The normalized spacial score (nSPS) is 10.4. The van der Waals surface area contributed by atoms with Crippen LogP contribution in [0.25, 0.3) is 0 Å². The standard InChI is InChI=1S/C16H19N3OS/c1-10-6-12(3)18-16(7-10)21-9-15(20)19-14-8-13(17)5-4-11(14)2/h4-8H,9,17H2,1-3H3,(H,19,20). The Morgan fingerprint density at radius 3 is 2.71 bits per heavy atom. The molecule has 1 aromatic heterocycles. The fraction of sp³-hybridized carbons (Fsp3) is 0.250. The summed E-state index contributed by atoms with van der Waals surface area (Å²) < 4.78 is 0. The van der Waals surface area contributed by atoms with Gasteiger partial charge in [0.05, 0.1) is 10.8 Å². The van der Waals surface area contributed by atoms with E-state index >= 15 is 0 Å². The molecular weight excluding hydrogens is 282 g/mol. The van der Waals surface area contributed by atoms with Crippen molar-refractivity contribution in [3.63, 3.8) is 0 Å². The number of carbonyl (C=O) groups is 1. The monoisotopic (exact) mass is 301 g/mol. The third-order valence-corrected chi connectivity index (χ3v) is 3.87. The summed E-state index contributed by atoms with van der Waals surface area (Å²) >= 11 is 1.43. The predicted molar refractivity (Wildman–Crippen MR) is 88.7 cm³/mol. The molecule has 5 heteroatoms.